The number of nitrogens with zero attached hydrogens (tertiary/aromatic N) is 4. The van der Waals surface area contributed by atoms with E-state index in [1.54, 1.807) is 18.3 Å². The summed E-state index contributed by atoms with van der Waals surface area (Å²) in [6, 6.07) is 6.17. The van der Waals surface area contributed by atoms with Crippen molar-refractivity contribution in [3.63, 3.8) is 0 Å². The van der Waals surface area contributed by atoms with Crippen LogP contribution in [0.15, 0.2) is 33.1 Å². The van der Waals surface area contributed by atoms with E-state index >= 15 is 0 Å². The van der Waals surface area contributed by atoms with E-state index in [0.29, 0.717) is 4.91 Å². The molecule has 1 aromatic heterocycles. The molecule has 6 heterocycles. The fourth-order valence-corrected chi connectivity index (χ4v) is 9.28. The molecule has 5 aliphatic heterocycles. The lowest BCUT2D eigenvalue weighted by atomic mass is 9.79. The van der Waals surface area contributed by atoms with Crippen LogP contribution >= 0.6 is 23.1 Å². The first-order valence-corrected chi connectivity index (χ1v) is 14.7. The van der Waals surface area contributed by atoms with Gasteiger partial charge in [-0.2, -0.15) is 0 Å². The fourth-order valence-electron chi connectivity index (χ4n) is 6.96. The number of carbonyl (C=O) groups excluding carboxylic acids is 1. The average molecular weight is 547 g/mol. The van der Waals surface area contributed by atoms with Gasteiger partial charge in [0.15, 0.2) is 4.34 Å². The second kappa shape index (κ2) is 9.03. The van der Waals surface area contributed by atoms with Gasteiger partial charge in [-0.1, -0.05) is 24.8 Å². The molecule has 4 fully saturated rings. The number of aliphatic hydroxyl groups is 2. The number of hydrogen-bond donors (Lipinski definition) is 3. The van der Waals surface area contributed by atoms with Crippen LogP contribution in [0.5, 0.6) is 0 Å². The number of aliphatic carboxylic acids is 1. The molecule has 0 spiro atoms. The third kappa shape index (κ3) is 4.02. The Morgan fingerprint density at radius 1 is 1.22 bits per heavy atom. The minimum absolute atomic E-state index is 0.0334. The third-order valence-electron chi connectivity index (χ3n) is 9.18. The van der Waals surface area contributed by atoms with Gasteiger partial charge in [0.05, 0.1) is 34.9 Å². The molecule has 9 nitrogen and oxygen atoms in total. The number of amides is 1. The highest BCUT2D eigenvalue weighted by Crippen LogP contribution is 2.52. The zero-order chi connectivity index (χ0) is 26.1. The van der Waals surface area contributed by atoms with Crippen molar-refractivity contribution in [2.45, 2.75) is 36.9 Å². The van der Waals surface area contributed by atoms with Crippen molar-refractivity contribution in [2.75, 3.05) is 52.4 Å². The Morgan fingerprint density at radius 2 is 1.89 bits per heavy atom. The first-order chi connectivity index (χ1) is 17.7. The molecular weight excluding hydrogens is 512 g/mol. The van der Waals surface area contributed by atoms with Crippen LogP contribution in [-0.4, -0.2) is 111 Å². The lowest BCUT2D eigenvalue weighted by Gasteiger charge is -2.55. The van der Waals surface area contributed by atoms with Crippen molar-refractivity contribution in [1.29, 1.82) is 0 Å². The number of β-lactam (4-membered cyclic amide) rings is 1. The van der Waals surface area contributed by atoms with Crippen LogP contribution in [0.1, 0.15) is 19.4 Å². The molecule has 11 heteroatoms. The number of hydrogen-bond acceptors (Lipinski definition) is 7. The number of piperazine rings is 3. The van der Waals surface area contributed by atoms with E-state index in [2.05, 4.69) is 18.2 Å². The highest BCUT2D eigenvalue weighted by atomic mass is 32.2. The molecule has 0 saturated carbocycles. The number of thiazole rings is 1. The number of aliphatic hydroxyl groups excluding tert-OH is 2. The van der Waals surface area contributed by atoms with Gasteiger partial charge in [-0.3, -0.25) is 4.79 Å². The zero-order valence-electron chi connectivity index (χ0n) is 21.2. The monoisotopic (exact) mass is 546 g/mol. The minimum Gasteiger partial charge on any atom is -0.477 e. The highest BCUT2D eigenvalue weighted by molar-refractivity contribution is 8.04. The van der Waals surface area contributed by atoms with Crippen LogP contribution in [0.3, 0.4) is 0 Å². The predicted octanol–water partition coefficient (Wildman–Crippen LogP) is 1.70. The molecule has 2 aromatic rings. The second-order valence-electron chi connectivity index (χ2n) is 11.3. The van der Waals surface area contributed by atoms with E-state index in [9.17, 15) is 24.9 Å². The lowest BCUT2D eigenvalue weighted by molar-refractivity contribution is -1.09. The Labute approximate surface area is 224 Å². The fraction of sp³-hybridized carbons (Fsp3) is 0.577. The highest BCUT2D eigenvalue weighted by Gasteiger charge is 2.60. The van der Waals surface area contributed by atoms with Gasteiger partial charge < -0.3 is 29.2 Å². The SMILES string of the molecule is C[C@@H](O)[C@H]1C(=O)N2C(C(=O)O)=C(Sc3nc4cc(C[N+]56CC[N+](CCO)(CC5)CC6)ccc4s3)[C@H](C)[C@H]12. The Hall–Kier alpha value is -2.02. The van der Waals surface area contributed by atoms with Crippen LogP contribution in [0, 0.1) is 11.8 Å². The summed E-state index contributed by atoms with van der Waals surface area (Å²) >= 11 is 2.89. The summed E-state index contributed by atoms with van der Waals surface area (Å²) in [6.07, 6.45) is -0.812. The molecule has 4 saturated heterocycles. The molecule has 0 unspecified atom stereocenters. The molecule has 2 bridgehead atoms. The maximum absolute atomic E-state index is 12.6. The van der Waals surface area contributed by atoms with Crippen molar-refractivity contribution in [3.8, 4) is 0 Å². The second-order valence-corrected chi connectivity index (χ2v) is 13.6. The maximum Gasteiger partial charge on any atom is 0.353 e. The van der Waals surface area contributed by atoms with Gasteiger partial charge in [0.1, 0.15) is 58.1 Å². The Bertz CT molecular complexity index is 1280. The van der Waals surface area contributed by atoms with E-state index < -0.39 is 18.0 Å². The number of aromatic nitrogens is 1. The number of benzene rings is 1. The van der Waals surface area contributed by atoms with Crippen molar-refractivity contribution < 1.29 is 33.9 Å². The van der Waals surface area contributed by atoms with Crippen LogP contribution < -0.4 is 0 Å². The van der Waals surface area contributed by atoms with Gasteiger partial charge in [-0.05, 0) is 19.1 Å². The largest absolute Gasteiger partial charge is 0.477 e. The molecule has 0 radical (unpaired) electrons. The third-order valence-corrected chi connectivity index (χ3v) is 11.6. The summed E-state index contributed by atoms with van der Waals surface area (Å²) in [6.45, 7) is 12.5. The number of rotatable bonds is 8. The number of fused-ring (bicyclic) bond motifs is 5. The van der Waals surface area contributed by atoms with Gasteiger partial charge in [0.2, 0.25) is 5.91 Å². The Morgan fingerprint density at radius 3 is 2.51 bits per heavy atom. The molecule has 5 aliphatic rings. The van der Waals surface area contributed by atoms with Crippen molar-refractivity contribution in [2.24, 2.45) is 11.8 Å². The standard InChI is InChI=1S/C26H33N4O5S2/c1-15-21-20(16(2)32)24(33)28(21)22(25(34)35)23(15)37-26-27-18-13-17(3-4-19(18)36-26)14-30-8-5-29(6-9-30,7-10-30)11-12-31/h3-4,13,15-16,20-21,31-32H,5-12,14H2,1-2H3/q+1/p+1/t15-,16-,20-,21-,29?,30?/m1/s1. The summed E-state index contributed by atoms with van der Waals surface area (Å²) in [5.74, 6) is -2.17. The van der Waals surface area contributed by atoms with Gasteiger partial charge in [0, 0.05) is 16.4 Å². The molecule has 3 N–H and O–H groups in total. The van der Waals surface area contributed by atoms with Crippen molar-refractivity contribution in [1.82, 2.24) is 9.88 Å². The first-order valence-electron chi connectivity index (χ1n) is 13.0. The number of carboxylic acids is 1. The summed E-state index contributed by atoms with van der Waals surface area (Å²) in [4.78, 5) is 31.6. The molecule has 1 amide bonds. The van der Waals surface area contributed by atoms with Crippen LogP contribution in [0.2, 0.25) is 0 Å². The van der Waals surface area contributed by atoms with E-state index in [0.717, 1.165) is 75.9 Å². The quantitative estimate of drug-likeness (QED) is 0.341. The van der Waals surface area contributed by atoms with Crippen molar-refractivity contribution >= 4 is 45.2 Å². The van der Waals surface area contributed by atoms with Crippen LogP contribution in [-0.2, 0) is 16.1 Å². The van der Waals surface area contributed by atoms with Gasteiger partial charge in [-0.15, -0.1) is 11.3 Å². The summed E-state index contributed by atoms with van der Waals surface area (Å²) in [5.41, 5.74) is 2.23. The van der Waals surface area contributed by atoms with Crippen LogP contribution in [0.25, 0.3) is 10.2 Å². The molecule has 1 aromatic carbocycles. The van der Waals surface area contributed by atoms with Gasteiger partial charge in [-0.25, -0.2) is 9.78 Å². The molecule has 198 valence electrons. The van der Waals surface area contributed by atoms with Crippen LogP contribution in [0.4, 0.5) is 0 Å². The topological polar surface area (TPSA) is 111 Å². The Balaban J connectivity index is 1.22. The maximum atomic E-state index is 12.6. The number of thioether (sulfide) groups is 1. The molecule has 7 rings (SSSR count). The van der Waals surface area contributed by atoms with E-state index in [1.165, 1.54) is 22.2 Å². The minimum atomic E-state index is -1.11. The van der Waals surface area contributed by atoms with E-state index in [-0.39, 0.29) is 30.2 Å². The first kappa shape index (κ1) is 25.3. The van der Waals surface area contributed by atoms with E-state index in [4.69, 9.17) is 4.98 Å². The molecule has 37 heavy (non-hydrogen) atoms. The zero-order valence-corrected chi connectivity index (χ0v) is 22.8. The number of quaternary nitrogens is 2. The predicted molar refractivity (Wildman–Crippen MR) is 140 cm³/mol. The summed E-state index contributed by atoms with van der Waals surface area (Å²) in [5, 5.41) is 29.5. The Kier molecular flexibility index (Phi) is 6.17. The normalized spacial score (nSPS) is 33.7. The lowest BCUT2D eigenvalue weighted by Crippen LogP contribution is -2.74. The van der Waals surface area contributed by atoms with Crippen molar-refractivity contribution in [3.05, 3.63) is 34.4 Å². The smallest absolute Gasteiger partial charge is 0.353 e. The summed E-state index contributed by atoms with van der Waals surface area (Å²) < 4.78 is 4.00. The van der Waals surface area contributed by atoms with Gasteiger partial charge >= 0.3 is 5.97 Å². The average Bonchev–Trinajstić information content (AvgIpc) is 3.36. The molecular formula is C26H34N4O5S2+2. The number of carbonyl (C=O) groups is 2. The van der Waals surface area contributed by atoms with E-state index in [1.807, 2.05) is 6.92 Å². The molecule has 0 aliphatic carbocycles. The van der Waals surface area contributed by atoms with Gasteiger partial charge in [0.25, 0.3) is 0 Å². The molecule has 4 atom stereocenters. The summed E-state index contributed by atoms with van der Waals surface area (Å²) in [7, 11) is 0. The number of carboxylic acid groups (broad SMARTS) is 1.